The van der Waals surface area contributed by atoms with E-state index in [2.05, 4.69) is 27.9 Å². The van der Waals surface area contributed by atoms with Gasteiger partial charge in [0.2, 0.25) is 5.91 Å². The van der Waals surface area contributed by atoms with Gasteiger partial charge >= 0.3 is 0 Å². The SMILES string of the molecule is CCC1(CC)NC(=O)CCN(c2ccc(I)cc2)C1=O. The van der Waals surface area contributed by atoms with Gasteiger partial charge in [-0.3, -0.25) is 9.59 Å². The highest BCUT2D eigenvalue weighted by Gasteiger charge is 2.42. The molecule has 0 aromatic heterocycles. The Morgan fingerprint density at radius 1 is 1.20 bits per heavy atom. The molecule has 0 spiro atoms. The van der Waals surface area contributed by atoms with E-state index in [1.54, 1.807) is 4.90 Å². The Hall–Kier alpha value is -1.11. The third kappa shape index (κ3) is 2.82. The molecule has 20 heavy (non-hydrogen) atoms. The van der Waals surface area contributed by atoms with Gasteiger partial charge < -0.3 is 10.2 Å². The average molecular weight is 386 g/mol. The van der Waals surface area contributed by atoms with Crippen LogP contribution >= 0.6 is 22.6 Å². The van der Waals surface area contributed by atoms with E-state index in [4.69, 9.17) is 0 Å². The summed E-state index contributed by atoms with van der Waals surface area (Å²) in [5, 5.41) is 2.92. The molecule has 1 heterocycles. The van der Waals surface area contributed by atoms with Gasteiger partial charge in [0, 0.05) is 22.2 Å². The Morgan fingerprint density at radius 2 is 1.80 bits per heavy atom. The summed E-state index contributed by atoms with van der Waals surface area (Å²) in [6, 6.07) is 7.82. The molecule has 0 radical (unpaired) electrons. The second-order valence-corrected chi connectivity index (χ2v) is 6.27. The van der Waals surface area contributed by atoms with Gasteiger partial charge in [0.1, 0.15) is 5.54 Å². The summed E-state index contributed by atoms with van der Waals surface area (Å²) in [6.07, 6.45) is 1.56. The number of carbonyl (C=O) groups excluding carboxylic acids is 2. The lowest BCUT2D eigenvalue weighted by molar-refractivity contribution is -0.130. The van der Waals surface area contributed by atoms with Crippen LogP contribution in [-0.2, 0) is 9.59 Å². The van der Waals surface area contributed by atoms with Gasteiger partial charge in [0.25, 0.3) is 5.91 Å². The van der Waals surface area contributed by atoms with Crippen molar-refractivity contribution in [1.29, 1.82) is 0 Å². The molecule has 2 amide bonds. The highest BCUT2D eigenvalue weighted by Crippen LogP contribution is 2.26. The zero-order valence-electron chi connectivity index (χ0n) is 11.8. The lowest BCUT2D eigenvalue weighted by atomic mass is 9.91. The maximum Gasteiger partial charge on any atom is 0.252 e. The Morgan fingerprint density at radius 3 is 2.35 bits per heavy atom. The lowest BCUT2D eigenvalue weighted by Gasteiger charge is -2.33. The maximum absolute atomic E-state index is 12.9. The molecular weight excluding hydrogens is 367 g/mol. The summed E-state index contributed by atoms with van der Waals surface area (Å²) in [6.45, 7) is 4.32. The smallest absolute Gasteiger partial charge is 0.252 e. The average Bonchev–Trinajstić information content (AvgIpc) is 2.58. The Kier molecular flexibility index (Phi) is 4.67. The fraction of sp³-hybridized carbons (Fsp3) is 0.467. The van der Waals surface area contributed by atoms with E-state index in [0.717, 1.165) is 9.26 Å². The van der Waals surface area contributed by atoms with Crippen LogP contribution in [0.3, 0.4) is 0 Å². The molecule has 1 fully saturated rings. The molecule has 1 aliphatic rings. The third-order valence-electron chi connectivity index (χ3n) is 3.94. The first-order valence-corrected chi connectivity index (χ1v) is 7.99. The van der Waals surface area contributed by atoms with Gasteiger partial charge in [-0.15, -0.1) is 0 Å². The first kappa shape index (κ1) is 15.3. The lowest BCUT2D eigenvalue weighted by Crippen LogP contribution is -2.56. The molecule has 1 N–H and O–H groups in total. The van der Waals surface area contributed by atoms with Crippen LogP contribution in [0.25, 0.3) is 0 Å². The van der Waals surface area contributed by atoms with Crippen molar-refractivity contribution in [3.8, 4) is 0 Å². The van der Waals surface area contributed by atoms with Crippen LogP contribution in [0, 0.1) is 3.57 Å². The molecule has 0 saturated carbocycles. The molecule has 108 valence electrons. The van der Waals surface area contributed by atoms with Crippen LogP contribution in [0.5, 0.6) is 0 Å². The second kappa shape index (κ2) is 6.11. The van der Waals surface area contributed by atoms with Crippen LogP contribution in [0.15, 0.2) is 24.3 Å². The molecule has 1 aromatic carbocycles. The molecule has 2 rings (SSSR count). The van der Waals surface area contributed by atoms with Crippen molar-refractivity contribution in [3.05, 3.63) is 27.8 Å². The highest BCUT2D eigenvalue weighted by atomic mass is 127. The normalized spacial score (nSPS) is 18.6. The van der Waals surface area contributed by atoms with Crippen LogP contribution < -0.4 is 10.2 Å². The number of anilines is 1. The van der Waals surface area contributed by atoms with Crippen molar-refractivity contribution in [2.24, 2.45) is 0 Å². The fourth-order valence-electron chi connectivity index (χ4n) is 2.55. The summed E-state index contributed by atoms with van der Waals surface area (Å²) in [5.74, 6) is -0.0513. The van der Waals surface area contributed by atoms with Gasteiger partial charge in [0.15, 0.2) is 0 Å². The number of amides is 2. The van der Waals surface area contributed by atoms with Crippen molar-refractivity contribution < 1.29 is 9.59 Å². The molecule has 0 unspecified atom stereocenters. The van der Waals surface area contributed by atoms with Gasteiger partial charge in [0.05, 0.1) is 0 Å². The van der Waals surface area contributed by atoms with Crippen molar-refractivity contribution in [3.63, 3.8) is 0 Å². The largest absolute Gasteiger partial charge is 0.342 e. The Labute approximate surface area is 133 Å². The Balaban J connectivity index is 2.39. The highest BCUT2D eigenvalue weighted by molar-refractivity contribution is 14.1. The number of benzene rings is 1. The molecule has 0 aliphatic carbocycles. The standard InChI is InChI=1S/C15H19IN2O2/c1-3-15(4-2)14(20)18(10-9-13(19)17-15)12-7-5-11(16)6-8-12/h5-8H,3-4,9-10H2,1-2H3,(H,17,19). The minimum Gasteiger partial charge on any atom is -0.342 e. The minimum atomic E-state index is -0.767. The number of halogens is 1. The number of hydrogen-bond donors (Lipinski definition) is 1. The molecule has 4 nitrogen and oxygen atoms in total. The first-order valence-electron chi connectivity index (χ1n) is 6.91. The molecule has 1 saturated heterocycles. The van der Waals surface area contributed by atoms with Gasteiger partial charge in [-0.25, -0.2) is 0 Å². The van der Waals surface area contributed by atoms with Crippen LogP contribution in [0.4, 0.5) is 5.69 Å². The molecule has 5 heteroatoms. The predicted octanol–water partition coefficient (Wildman–Crippen LogP) is 2.70. The van der Waals surface area contributed by atoms with Gasteiger partial charge in [-0.05, 0) is 59.7 Å². The second-order valence-electron chi connectivity index (χ2n) is 5.02. The van der Waals surface area contributed by atoms with Crippen LogP contribution in [0.1, 0.15) is 33.1 Å². The maximum atomic E-state index is 12.9. The molecule has 0 bridgehead atoms. The van der Waals surface area contributed by atoms with E-state index in [0.29, 0.717) is 25.8 Å². The van der Waals surface area contributed by atoms with Crippen LogP contribution in [-0.4, -0.2) is 23.9 Å². The van der Waals surface area contributed by atoms with Crippen LogP contribution in [0.2, 0.25) is 0 Å². The zero-order valence-corrected chi connectivity index (χ0v) is 13.9. The fourth-order valence-corrected chi connectivity index (χ4v) is 2.91. The number of hydrogen-bond acceptors (Lipinski definition) is 2. The predicted molar refractivity (Wildman–Crippen MR) is 87.6 cm³/mol. The van der Waals surface area contributed by atoms with E-state index in [9.17, 15) is 9.59 Å². The minimum absolute atomic E-state index is 0.00504. The number of nitrogens with zero attached hydrogens (tertiary/aromatic N) is 1. The summed E-state index contributed by atoms with van der Waals surface area (Å²) in [7, 11) is 0. The number of nitrogens with one attached hydrogen (secondary N) is 1. The van der Waals surface area contributed by atoms with Gasteiger partial charge in [-0.2, -0.15) is 0 Å². The number of rotatable bonds is 3. The van der Waals surface area contributed by atoms with E-state index in [1.165, 1.54) is 0 Å². The summed E-state index contributed by atoms with van der Waals surface area (Å²) in [4.78, 5) is 26.5. The monoisotopic (exact) mass is 386 g/mol. The van der Waals surface area contributed by atoms with E-state index in [1.807, 2.05) is 38.1 Å². The summed E-state index contributed by atoms with van der Waals surface area (Å²) in [5.41, 5.74) is 0.0922. The topological polar surface area (TPSA) is 49.4 Å². The van der Waals surface area contributed by atoms with E-state index in [-0.39, 0.29) is 11.8 Å². The quantitative estimate of drug-likeness (QED) is 0.813. The van der Waals surface area contributed by atoms with Gasteiger partial charge in [-0.1, -0.05) is 13.8 Å². The van der Waals surface area contributed by atoms with Crippen molar-refractivity contribution >= 4 is 40.1 Å². The number of carbonyl (C=O) groups is 2. The Bertz CT molecular complexity index is 509. The zero-order chi connectivity index (χ0) is 14.8. The summed E-state index contributed by atoms with van der Waals surface area (Å²) < 4.78 is 1.13. The van der Waals surface area contributed by atoms with Crippen molar-refractivity contribution in [2.75, 3.05) is 11.4 Å². The molecule has 1 aliphatic heterocycles. The summed E-state index contributed by atoms with van der Waals surface area (Å²) >= 11 is 2.24. The van der Waals surface area contributed by atoms with E-state index >= 15 is 0 Å². The van der Waals surface area contributed by atoms with Crippen molar-refractivity contribution in [2.45, 2.75) is 38.6 Å². The van der Waals surface area contributed by atoms with E-state index < -0.39 is 5.54 Å². The van der Waals surface area contributed by atoms with Crippen molar-refractivity contribution in [1.82, 2.24) is 5.32 Å². The molecule has 1 aromatic rings. The first-order chi connectivity index (χ1) is 9.52. The molecular formula is C15H19IN2O2. The third-order valence-corrected chi connectivity index (χ3v) is 4.66. The molecule has 0 atom stereocenters.